The molecule has 1 atom stereocenters. The number of hydrogen-bond donors (Lipinski definition) is 1. The van der Waals surface area contributed by atoms with Gasteiger partial charge in [-0.3, -0.25) is 14.6 Å². The van der Waals surface area contributed by atoms with Crippen molar-refractivity contribution in [2.75, 3.05) is 33.7 Å². The zero-order valence-corrected chi connectivity index (χ0v) is 17.4. The number of benzene rings is 1. The van der Waals surface area contributed by atoms with Crippen LogP contribution in [0.5, 0.6) is 0 Å². The van der Waals surface area contributed by atoms with E-state index in [0.29, 0.717) is 5.92 Å². The van der Waals surface area contributed by atoms with Gasteiger partial charge in [0.25, 0.3) is 0 Å². The summed E-state index contributed by atoms with van der Waals surface area (Å²) in [7, 11) is 3.89. The number of piperidine rings is 1. The monoisotopic (exact) mass is 384 g/mol. The second kappa shape index (κ2) is 9.34. The van der Waals surface area contributed by atoms with E-state index in [9.17, 15) is 4.79 Å². The number of carbonyl (C=O) groups is 1. The molecule has 6 nitrogen and oxygen atoms in total. The number of amides is 1. The zero-order valence-electron chi connectivity index (χ0n) is 17.4. The smallest absolute Gasteiger partial charge is 0.241 e. The van der Waals surface area contributed by atoms with E-state index in [1.165, 1.54) is 0 Å². The molecule has 0 aliphatic carbocycles. The highest BCUT2D eigenvalue weighted by molar-refractivity contribution is 5.83. The molecule has 1 fully saturated rings. The van der Waals surface area contributed by atoms with Gasteiger partial charge < -0.3 is 9.73 Å². The van der Waals surface area contributed by atoms with Gasteiger partial charge in [0, 0.05) is 6.54 Å². The molecule has 1 amide bonds. The van der Waals surface area contributed by atoms with E-state index in [2.05, 4.69) is 15.2 Å². The molecule has 1 saturated heterocycles. The van der Waals surface area contributed by atoms with Gasteiger partial charge in [0.15, 0.2) is 0 Å². The maximum Gasteiger partial charge on any atom is 0.241 e. The van der Waals surface area contributed by atoms with Crippen LogP contribution in [0.25, 0.3) is 0 Å². The summed E-state index contributed by atoms with van der Waals surface area (Å²) < 4.78 is 5.70. The van der Waals surface area contributed by atoms with Crippen LogP contribution >= 0.6 is 0 Å². The summed E-state index contributed by atoms with van der Waals surface area (Å²) in [5.41, 5.74) is 2.00. The van der Waals surface area contributed by atoms with Crippen LogP contribution in [0, 0.1) is 19.8 Å². The van der Waals surface area contributed by atoms with Crippen molar-refractivity contribution in [1.29, 1.82) is 0 Å². The number of likely N-dealkylation sites (N-methyl/N-ethyl adjacent to an activating group) is 1. The van der Waals surface area contributed by atoms with Crippen molar-refractivity contribution in [2.24, 2.45) is 5.92 Å². The van der Waals surface area contributed by atoms with Crippen LogP contribution in [0.4, 0.5) is 0 Å². The molecule has 28 heavy (non-hydrogen) atoms. The number of nitrogens with one attached hydrogen (secondary N) is 1. The normalized spacial score (nSPS) is 17.0. The molecule has 0 radical (unpaired) electrons. The number of carbonyl (C=O) groups excluding carboxylic acids is 1. The molecule has 1 unspecified atom stereocenters. The summed E-state index contributed by atoms with van der Waals surface area (Å²) in [6, 6.07) is 9.70. The van der Waals surface area contributed by atoms with E-state index in [1.54, 1.807) is 0 Å². The third-order valence-corrected chi connectivity index (χ3v) is 5.58. The van der Waals surface area contributed by atoms with Gasteiger partial charge in [-0.15, -0.1) is 0 Å². The number of rotatable bonds is 7. The Labute approximate surface area is 167 Å². The summed E-state index contributed by atoms with van der Waals surface area (Å²) in [5.74, 6) is 2.30. The molecule has 0 bridgehead atoms. The lowest BCUT2D eigenvalue weighted by molar-refractivity contribution is -0.126. The summed E-state index contributed by atoms with van der Waals surface area (Å²) in [4.78, 5) is 21.6. The van der Waals surface area contributed by atoms with Gasteiger partial charge in [-0.25, -0.2) is 4.98 Å². The molecule has 6 heteroatoms. The van der Waals surface area contributed by atoms with E-state index in [4.69, 9.17) is 4.42 Å². The Bertz CT molecular complexity index is 745. The number of oxazole rings is 1. The maximum absolute atomic E-state index is 12.8. The minimum atomic E-state index is -0.252. The van der Waals surface area contributed by atoms with Crippen LogP contribution in [0.2, 0.25) is 0 Å². The lowest BCUT2D eigenvalue weighted by atomic mass is 9.96. The molecule has 1 aliphatic heterocycles. The molecule has 2 aromatic rings. The van der Waals surface area contributed by atoms with E-state index < -0.39 is 0 Å². The topological polar surface area (TPSA) is 61.6 Å². The predicted octanol–water partition coefficient (Wildman–Crippen LogP) is 2.92. The van der Waals surface area contributed by atoms with Gasteiger partial charge in [0.2, 0.25) is 11.8 Å². The summed E-state index contributed by atoms with van der Waals surface area (Å²) in [6.07, 6.45) is 2.16. The van der Waals surface area contributed by atoms with Crippen LogP contribution < -0.4 is 5.32 Å². The van der Waals surface area contributed by atoms with Crippen LogP contribution in [-0.4, -0.2) is 54.4 Å². The number of hydrogen-bond acceptors (Lipinski definition) is 5. The first-order valence-electron chi connectivity index (χ1n) is 10.1. The molecule has 2 heterocycles. The highest BCUT2D eigenvalue weighted by Crippen LogP contribution is 2.21. The Balaban J connectivity index is 1.46. The fourth-order valence-electron chi connectivity index (χ4n) is 3.81. The number of aromatic nitrogens is 1. The van der Waals surface area contributed by atoms with Crippen molar-refractivity contribution in [3.8, 4) is 0 Å². The first-order chi connectivity index (χ1) is 13.4. The summed E-state index contributed by atoms with van der Waals surface area (Å²) in [5, 5.41) is 3.18. The molecule has 1 aromatic heterocycles. The van der Waals surface area contributed by atoms with Crippen LogP contribution in [0.1, 0.15) is 41.8 Å². The average Bonchev–Trinajstić information content (AvgIpc) is 2.99. The Hall–Kier alpha value is -2.18. The van der Waals surface area contributed by atoms with Crippen molar-refractivity contribution >= 4 is 5.91 Å². The fourth-order valence-corrected chi connectivity index (χ4v) is 3.81. The van der Waals surface area contributed by atoms with Crippen molar-refractivity contribution in [2.45, 2.75) is 39.3 Å². The van der Waals surface area contributed by atoms with Gasteiger partial charge >= 0.3 is 0 Å². The Morgan fingerprint density at radius 3 is 2.50 bits per heavy atom. The molecular formula is C22H32N4O2. The highest BCUT2D eigenvalue weighted by Gasteiger charge is 2.25. The lowest BCUT2D eigenvalue weighted by Gasteiger charge is -2.32. The van der Waals surface area contributed by atoms with E-state index >= 15 is 0 Å². The largest absolute Gasteiger partial charge is 0.444 e. The van der Waals surface area contributed by atoms with Crippen molar-refractivity contribution in [1.82, 2.24) is 20.1 Å². The molecule has 0 saturated carbocycles. The van der Waals surface area contributed by atoms with E-state index in [1.807, 2.05) is 63.2 Å². The summed E-state index contributed by atoms with van der Waals surface area (Å²) in [6.45, 7) is 7.46. The standard InChI is InChI=1S/C22H32N4O2/c1-16-17(2)28-20(24-16)15-26-12-10-18(11-13-26)14-23-22(27)21(25(3)4)19-8-6-5-7-9-19/h5-9,18,21H,10-15H2,1-4H3,(H,23,27). The Morgan fingerprint density at radius 2 is 1.93 bits per heavy atom. The SMILES string of the molecule is Cc1nc(CN2CCC(CNC(=O)C(c3ccccc3)N(C)C)CC2)oc1C. The average molecular weight is 385 g/mol. The molecular weight excluding hydrogens is 352 g/mol. The number of nitrogens with zero attached hydrogens (tertiary/aromatic N) is 3. The summed E-state index contributed by atoms with van der Waals surface area (Å²) >= 11 is 0. The highest BCUT2D eigenvalue weighted by atomic mass is 16.4. The van der Waals surface area contributed by atoms with Crippen molar-refractivity contribution in [3.05, 3.63) is 53.2 Å². The first-order valence-corrected chi connectivity index (χ1v) is 10.1. The molecule has 3 rings (SSSR count). The van der Waals surface area contributed by atoms with Gasteiger partial charge in [0.1, 0.15) is 11.8 Å². The van der Waals surface area contributed by atoms with Crippen LogP contribution in [0.3, 0.4) is 0 Å². The zero-order chi connectivity index (χ0) is 20.1. The van der Waals surface area contributed by atoms with Gasteiger partial charge in [-0.2, -0.15) is 0 Å². The molecule has 152 valence electrons. The minimum absolute atomic E-state index is 0.0735. The quantitative estimate of drug-likeness (QED) is 0.795. The molecule has 1 aromatic carbocycles. The molecule has 0 spiro atoms. The maximum atomic E-state index is 12.8. The fraction of sp³-hybridized carbons (Fsp3) is 0.545. The predicted molar refractivity (Wildman–Crippen MR) is 110 cm³/mol. The Morgan fingerprint density at radius 1 is 1.25 bits per heavy atom. The first kappa shape index (κ1) is 20.6. The van der Waals surface area contributed by atoms with E-state index in [-0.39, 0.29) is 11.9 Å². The van der Waals surface area contributed by atoms with Gasteiger partial charge in [-0.05, 0) is 65.4 Å². The molecule has 1 N–H and O–H groups in total. The van der Waals surface area contributed by atoms with Gasteiger partial charge in [-0.1, -0.05) is 30.3 Å². The minimum Gasteiger partial charge on any atom is -0.444 e. The van der Waals surface area contributed by atoms with E-state index in [0.717, 1.165) is 61.9 Å². The number of aryl methyl sites for hydroxylation is 2. The van der Waals surface area contributed by atoms with Crippen LogP contribution in [-0.2, 0) is 11.3 Å². The molecule has 1 aliphatic rings. The second-order valence-corrected chi connectivity index (χ2v) is 7.99. The third kappa shape index (κ3) is 5.20. The number of likely N-dealkylation sites (tertiary alicyclic amines) is 1. The third-order valence-electron chi connectivity index (χ3n) is 5.58. The van der Waals surface area contributed by atoms with Crippen molar-refractivity contribution < 1.29 is 9.21 Å². The second-order valence-electron chi connectivity index (χ2n) is 7.99. The van der Waals surface area contributed by atoms with Gasteiger partial charge in [0.05, 0.1) is 12.2 Å². The van der Waals surface area contributed by atoms with Crippen LogP contribution in [0.15, 0.2) is 34.7 Å². The van der Waals surface area contributed by atoms with Crippen molar-refractivity contribution in [3.63, 3.8) is 0 Å². The lowest BCUT2D eigenvalue weighted by Crippen LogP contribution is -2.42. The Kier molecular flexibility index (Phi) is 6.86.